The molecule has 1 amide bonds. The van der Waals surface area contributed by atoms with Gasteiger partial charge in [-0.25, -0.2) is 4.79 Å². The van der Waals surface area contributed by atoms with Gasteiger partial charge in [0.1, 0.15) is 17.7 Å². The maximum absolute atomic E-state index is 13.2. The molecule has 9 heteroatoms. The first-order valence-corrected chi connectivity index (χ1v) is 11.8. The van der Waals surface area contributed by atoms with Crippen LogP contribution in [0.1, 0.15) is 53.0 Å². The van der Waals surface area contributed by atoms with Crippen LogP contribution in [0, 0.1) is 0 Å². The summed E-state index contributed by atoms with van der Waals surface area (Å²) in [5, 5.41) is 13.1. The summed E-state index contributed by atoms with van der Waals surface area (Å²) in [6.45, 7) is 9.61. The average molecular weight is 478 g/mol. The third kappa shape index (κ3) is 7.43. The smallest absolute Gasteiger partial charge is 0.411 e. The van der Waals surface area contributed by atoms with Crippen LogP contribution in [0.15, 0.2) is 30.3 Å². The lowest BCUT2D eigenvalue weighted by Crippen LogP contribution is -2.48. The molecule has 0 aromatic heterocycles. The molecule has 2 rings (SSSR count). The van der Waals surface area contributed by atoms with Crippen LogP contribution in [-0.4, -0.2) is 83.0 Å². The molecule has 0 bridgehead atoms. The molecule has 0 spiro atoms. The molecule has 0 unspecified atom stereocenters. The molecule has 9 nitrogen and oxygen atoms in total. The van der Waals surface area contributed by atoms with Crippen molar-refractivity contribution in [3.05, 3.63) is 35.9 Å². The molecule has 4 atom stereocenters. The standard InChI is InChI=1S/C25H39N3O6/c1-7-19(22(29)30)27-16-28(24(32)34-25(3,4)5)21(15-18-11-9-8-10-12-18)20(27)13-14-26-17(2)23(31)33-6/h8-12,17,19-21,26H,7,13-16H2,1-6H3,(H,29,30)/t17-,19-,20+,21-/m0/s1. The zero-order valence-corrected chi connectivity index (χ0v) is 21.1. The number of hydrogen-bond donors (Lipinski definition) is 2. The number of carboxylic acids is 1. The number of hydrogen-bond acceptors (Lipinski definition) is 7. The number of ether oxygens (including phenoxy) is 2. The minimum atomic E-state index is -0.923. The number of benzene rings is 1. The highest BCUT2D eigenvalue weighted by Crippen LogP contribution is 2.31. The Labute approximate surface area is 202 Å². The van der Waals surface area contributed by atoms with E-state index in [1.807, 2.05) is 62.9 Å². The van der Waals surface area contributed by atoms with Crippen LogP contribution in [-0.2, 0) is 25.5 Å². The first-order valence-electron chi connectivity index (χ1n) is 11.8. The van der Waals surface area contributed by atoms with Gasteiger partial charge in [0.15, 0.2) is 0 Å². The number of methoxy groups -OCH3 is 1. The molecule has 1 heterocycles. The van der Waals surface area contributed by atoms with E-state index in [0.717, 1.165) is 5.56 Å². The number of amides is 1. The van der Waals surface area contributed by atoms with Crippen LogP contribution in [0.25, 0.3) is 0 Å². The number of nitrogens with one attached hydrogen (secondary N) is 1. The molecule has 1 fully saturated rings. The third-order valence-corrected chi connectivity index (χ3v) is 6.02. The summed E-state index contributed by atoms with van der Waals surface area (Å²) in [7, 11) is 1.34. The molecule has 0 saturated carbocycles. The van der Waals surface area contributed by atoms with Gasteiger partial charge in [0.25, 0.3) is 0 Å². The van der Waals surface area contributed by atoms with E-state index in [9.17, 15) is 19.5 Å². The van der Waals surface area contributed by atoms with Gasteiger partial charge in [-0.2, -0.15) is 0 Å². The van der Waals surface area contributed by atoms with Crippen molar-refractivity contribution < 1.29 is 29.0 Å². The molecule has 0 aliphatic carbocycles. The first kappa shape index (κ1) is 27.6. The molecule has 2 N–H and O–H groups in total. The van der Waals surface area contributed by atoms with Crippen molar-refractivity contribution in [1.82, 2.24) is 15.1 Å². The molecule has 1 aromatic rings. The van der Waals surface area contributed by atoms with Gasteiger partial charge in [0.2, 0.25) is 0 Å². The lowest BCUT2D eigenvalue weighted by Gasteiger charge is -2.32. The number of carbonyl (C=O) groups is 3. The fourth-order valence-corrected chi connectivity index (χ4v) is 4.38. The van der Waals surface area contributed by atoms with Gasteiger partial charge in [-0.15, -0.1) is 0 Å². The highest BCUT2D eigenvalue weighted by atomic mass is 16.6. The topological polar surface area (TPSA) is 108 Å². The molecule has 34 heavy (non-hydrogen) atoms. The van der Waals surface area contributed by atoms with Crippen molar-refractivity contribution in [3.63, 3.8) is 0 Å². The van der Waals surface area contributed by atoms with Gasteiger partial charge in [0.05, 0.1) is 19.8 Å². The van der Waals surface area contributed by atoms with E-state index in [2.05, 4.69) is 5.32 Å². The molecule has 1 saturated heterocycles. The Bertz CT molecular complexity index is 826. The maximum Gasteiger partial charge on any atom is 0.411 e. The van der Waals surface area contributed by atoms with Gasteiger partial charge in [-0.1, -0.05) is 37.3 Å². The Morgan fingerprint density at radius 3 is 2.35 bits per heavy atom. The Balaban J connectivity index is 2.36. The third-order valence-electron chi connectivity index (χ3n) is 6.02. The SMILES string of the molecule is CC[C@@H](C(=O)O)N1CN(C(=O)OC(C)(C)C)[C@@H](Cc2ccccc2)[C@H]1CCN[C@@H](C)C(=O)OC. The molecular formula is C25H39N3O6. The largest absolute Gasteiger partial charge is 0.480 e. The second kappa shape index (κ2) is 12.2. The van der Waals surface area contributed by atoms with Gasteiger partial charge in [0, 0.05) is 6.04 Å². The Hall–Kier alpha value is -2.65. The van der Waals surface area contributed by atoms with Crippen molar-refractivity contribution in [1.29, 1.82) is 0 Å². The van der Waals surface area contributed by atoms with E-state index in [0.29, 0.717) is 25.8 Å². The highest BCUT2D eigenvalue weighted by molar-refractivity contribution is 5.75. The monoisotopic (exact) mass is 477 g/mol. The van der Waals surface area contributed by atoms with E-state index in [1.54, 1.807) is 11.8 Å². The summed E-state index contributed by atoms with van der Waals surface area (Å²) in [5.41, 5.74) is 0.373. The minimum Gasteiger partial charge on any atom is -0.480 e. The second-order valence-corrected chi connectivity index (χ2v) is 9.68. The zero-order valence-electron chi connectivity index (χ0n) is 21.1. The second-order valence-electron chi connectivity index (χ2n) is 9.68. The summed E-state index contributed by atoms with van der Waals surface area (Å²) in [6, 6.07) is 8.05. The van der Waals surface area contributed by atoms with E-state index < -0.39 is 29.7 Å². The van der Waals surface area contributed by atoms with Crippen LogP contribution < -0.4 is 5.32 Å². The minimum absolute atomic E-state index is 0.161. The normalized spacial score (nSPS) is 20.6. The summed E-state index contributed by atoms with van der Waals surface area (Å²) >= 11 is 0. The van der Waals surface area contributed by atoms with Crippen LogP contribution in [0.5, 0.6) is 0 Å². The molecule has 0 radical (unpaired) electrons. The first-order chi connectivity index (χ1) is 16.0. The zero-order chi connectivity index (χ0) is 25.5. The van der Waals surface area contributed by atoms with Crippen LogP contribution in [0.4, 0.5) is 4.79 Å². The number of aliphatic carboxylic acids is 1. The number of nitrogens with zero attached hydrogens (tertiary/aromatic N) is 2. The summed E-state index contributed by atoms with van der Waals surface area (Å²) in [5.74, 6) is -1.29. The number of esters is 1. The maximum atomic E-state index is 13.2. The predicted octanol–water partition coefficient (Wildman–Crippen LogP) is 2.88. The number of rotatable bonds is 10. The van der Waals surface area contributed by atoms with Crippen molar-refractivity contribution in [3.8, 4) is 0 Å². The fourth-order valence-electron chi connectivity index (χ4n) is 4.38. The van der Waals surface area contributed by atoms with Gasteiger partial charge in [-0.05, 0) is 59.1 Å². The molecule has 190 valence electrons. The molecular weight excluding hydrogens is 438 g/mol. The van der Waals surface area contributed by atoms with Crippen LogP contribution in [0.3, 0.4) is 0 Å². The van der Waals surface area contributed by atoms with Gasteiger partial charge in [-0.3, -0.25) is 19.4 Å². The molecule has 1 aliphatic heterocycles. The van der Waals surface area contributed by atoms with Crippen molar-refractivity contribution >= 4 is 18.0 Å². The Morgan fingerprint density at radius 2 is 1.82 bits per heavy atom. The van der Waals surface area contributed by atoms with Crippen molar-refractivity contribution in [2.24, 2.45) is 0 Å². The fraction of sp³-hybridized carbons (Fsp3) is 0.640. The van der Waals surface area contributed by atoms with E-state index in [1.165, 1.54) is 7.11 Å². The van der Waals surface area contributed by atoms with Crippen molar-refractivity contribution in [2.45, 2.75) is 83.6 Å². The van der Waals surface area contributed by atoms with Crippen LogP contribution >= 0.6 is 0 Å². The summed E-state index contributed by atoms with van der Waals surface area (Å²) < 4.78 is 10.5. The van der Waals surface area contributed by atoms with E-state index in [4.69, 9.17) is 9.47 Å². The quantitative estimate of drug-likeness (QED) is 0.495. The Kier molecular flexibility index (Phi) is 9.88. The Morgan fingerprint density at radius 1 is 1.18 bits per heavy atom. The predicted molar refractivity (Wildman–Crippen MR) is 128 cm³/mol. The van der Waals surface area contributed by atoms with E-state index in [-0.39, 0.29) is 24.7 Å². The number of carbonyl (C=O) groups excluding carboxylic acids is 2. The summed E-state index contributed by atoms with van der Waals surface area (Å²) in [6.07, 6.45) is 1.04. The van der Waals surface area contributed by atoms with Gasteiger partial charge >= 0.3 is 18.0 Å². The van der Waals surface area contributed by atoms with Gasteiger partial charge < -0.3 is 19.9 Å². The molecule has 1 aliphatic rings. The van der Waals surface area contributed by atoms with Crippen LogP contribution in [0.2, 0.25) is 0 Å². The average Bonchev–Trinajstić information content (AvgIpc) is 3.11. The number of carboxylic acid groups (broad SMARTS) is 1. The van der Waals surface area contributed by atoms with Crippen molar-refractivity contribution in [2.75, 3.05) is 20.3 Å². The lowest BCUT2D eigenvalue weighted by molar-refractivity contribution is -0.144. The van der Waals surface area contributed by atoms with E-state index >= 15 is 0 Å². The lowest BCUT2D eigenvalue weighted by atomic mass is 9.95. The highest BCUT2D eigenvalue weighted by Gasteiger charge is 2.47. The summed E-state index contributed by atoms with van der Waals surface area (Å²) in [4.78, 5) is 40.6. The molecule has 1 aromatic carbocycles.